The molecule has 31 heavy (non-hydrogen) atoms. The molecule has 2 N–H and O–H groups in total. The third-order valence-electron chi connectivity index (χ3n) is 5.57. The van der Waals surface area contributed by atoms with Crippen molar-refractivity contribution >= 4 is 16.9 Å². The minimum atomic E-state index is -0.241. The molecule has 2 heterocycles. The maximum Gasteiger partial charge on any atom is 0.316 e. The van der Waals surface area contributed by atoms with Gasteiger partial charge < -0.3 is 19.6 Å². The summed E-state index contributed by atoms with van der Waals surface area (Å²) in [5, 5.41) is 22.0. The predicted molar refractivity (Wildman–Crippen MR) is 121 cm³/mol. The van der Waals surface area contributed by atoms with Crippen molar-refractivity contribution in [1.29, 1.82) is 0 Å². The number of ether oxygens (including phenoxy) is 1. The van der Waals surface area contributed by atoms with Crippen LogP contribution in [0.3, 0.4) is 0 Å². The average molecular weight is 425 g/mol. The molecule has 1 saturated carbocycles. The second-order valence-corrected chi connectivity index (χ2v) is 10.0. The number of aliphatic hydroxyl groups is 1. The van der Waals surface area contributed by atoms with Gasteiger partial charge in [-0.3, -0.25) is 0 Å². The monoisotopic (exact) mass is 424 g/mol. The molecule has 1 fully saturated rings. The molecule has 7 nitrogen and oxygen atoms in total. The summed E-state index contributed by atoms with van der Waals surface area (Å²) in [6.07, 6.45) is 1.15. The molecule has 2 aromatic heterocycles. The molecule has 1 aliphatic rings. The number of aliphatic hydroxyl groups excluding tert-OH is 1. The zero-order chi connectivity index (χ0) is 22.3. The van der Waals surface area contributed by atoms with E-state index in [2.05, 4.69) is 69.2 Å². The van der Waals surface area contributed by atoms with Crippen LogP contribution in [-0.4, -0.2) is 39.0 Å². The maximum atomic E-state index is 9.46. The highest BCUT2D eigenvalue weighted by Crippen LogP contribution is 2.36. The summed E-state index contributed by atoms with van der Waals surface area (Å²) in [5.74, 6) is 1.71. The van der Waals surface area contributed by atoms with Crippen LogP contribution >= 0.6 is 0 Å². The molecule has 1 aromatic carbocycles. The van der Waals surface area contributed by atoms with E-state index >= 15 is 0 Å². The molecular weight excluding hydrogens is 392 g/mol. The smallest absolute Gasteiger partial charge is 0.316 e. The van der Waals surface area contributed by atoms with Crippen LogP contribution in [0.1, 0.15) is 58.6 Å². The maximum absolute atomic E-state index is 9.46. The minimum absolute atomic E-state index is 0.111. The van der Waals surface area contributed by atoms with Gasteiger partial charge in [-0.1, -0.05) is 39.7 Å². The van der Waals surface area contributed by atoms with E-state index in [9.17, 15) is 5.11 Å². The Balaban J connectivity index is 1.71. The van der Waals surface area contributed by atoms with Crippen molar-refractivity contribution in [3.05, 3.63) is 29.3 Å². The molecule has 3 aromatic rings. The lowest BCUT2D eigenvalue weighted by atomic mass is 9.84. The van der Waals surface area contributed by atoms with Gasteiger partial charge in [-0.05, 0) is 60.4 Å². The summed E-state index contributed by atoms with van der Waals surface area (Å²) in [6, 6.07) is 6.68. The second kappa shape index (κ2) is 8.11. The van der Waals surface area contributed by atoms with Crippen LogP contribution in [-0.2, 0) is 5.41 Å². The van der Waals surface area contributed by atoms with Gasteiger partial charge in [-0.15, -0.1) is 5.10 Å². The van der Waals surface area contributed by atoms with E-state index in [1.807, 2.05) is 6.07 Å². The van der Waals surface area contributed by atoms with Crippen molar-refractivity contribution in [3.8, 4) is 17.3 Å². The van der Waals surface area contributed by atoms with E-state index in [0.29, 0.717) is 43.0 Å². The number of nitrogens with zero attached hydrogens (tertiary/aromatic N) is 3. The number of pyridine rings is 1. The lowest BCUT2D eigenvalue weighted by Gasteiger charge is -2.30. The van der Waals surface area contributed by atoms with Gasteiger partial charge in [-0.25, -0.2) is 4.98 Å². The SMILES string of the molecule is Cc1cc(-c2nnc(NC3CC(O)C3)o2)nc2c(C(C)(C)C)cc(OCC(C)C)cc12. The highest BCUT2D eigenvalue weighted by Gasteiger charge is 2.28. The zero-order valence-electron chi connectivity index (χ0n) is 19.2. The molecule has 0 radical (unpaired) electrons. The van der Waals surface area contributed by atoms with Crippen LogP contribution in [0.5, 0.6) is 5.75 Å². The van der Waals surface area contributed by atoms with Gasteiger partial charge in [0, 0.05) is 11.4 Å². The quantitative estimate of drug-likeness (QED) is 0.583. The fraction of sp³-hybridized carbons (Fsp3) is 0.542. The van der Waals surface area contributed by atoms with E-state index < -0.39 is 0 Å². The Morgan fingerprint density at radius 2 is 1.94 bits per heavy atom. The fourth-order valence-electron chi connectivity index (χ4n) is 3.76. The summed E-state index contributed by atoms with van der Waals surface area (Å²) in [5.41, 5.74) is 3.67. The number of anilines is 1. The Hall–Kier alpha value is -2.67. The van der Waals surface area contributed by atoms with Crippen molar-refractivity contribution in [1.82, 2.24) is 15.2 Å². The summed E-state index contributed by atoms with van der Waals surface area (Å²) in [6.45, 7) is 13.6. The van der Waals surface area contributed by atoms with Crippen molar-refractivity contribution in [2.24, 2.45) is 5.92 Å². The molecule has 0 unspecified atom stereocenters. The molecule has 0 spiro atoms. The van der Waals surface area contributed by atoms with Crippen molar-refractivity contribution in [2.75, 3.05) is 11.9 Å². The number of hydrogen-bond acceptors (Lipinski definition) is 7. The van der Waals surface area contributed by atoms with Crippen LogP contribution in [0.15, 0.2) is 22.6 Å². The first kappa shape index (κ1) is 21.6. The topological polar surface area (TPSA) is 93.3 Å². The zero-order valence-corrected chi connectivity index (χ0v) is 19.2. The standard InChI is InChI=1S/C24H32N4O3/c1-13(2)12-30-17-10-18-14(3)7-20(26-21(18)19(11-17)24(4,5)6)22-27-28-23(31-22)25-15-8-16(29)9-15/h7,10-11,13,15-16,29H,8-9,12H2,1-6H3,(H,25,28). The molecule has 0 saturated heterocycles. The third-order valence-corrected chi connectivity index (χ3v) is 5.57. The fourth-order valence-corrected chi connectivity index (χ4v) is 3.76. The van der Waals surface area contributed by atoms with Gasteiger partial charge in [0.05, 0.1) is 18.2 Å². The number of fused-ring (bicyclic) bond motifs is 1. The van der Waals surface area contributed by atoms with E-state index in [1.165, 1.54) is 0 Å². The van der Waals surface area contributed by atoms with E-state index in [0.717, 1.165) is 27.8 Å². The van der Waals surface area contributed by atoms with Crippen molar-refractivity contribution in [2.45, 2.75) is 71.9 Å². The molecule has 166 valence electrons. The number of nitrogens with one attached hydrogen (secondary N) is 1. The summed E-state index contributed by atoms with van der Waals surface area (Å²) in [4.78, 5) is 4.93. The Morgan fingerprint density at radius 3 is 2.58 bits per heavy atom. The molecule has 4 rings (SSSR count). The molecule has 0 aliphatic heterocycles. The molecule has 0 atom stereocenters. The van der Waals surface area contributed by atoms with Crippen LogP contribution in [0.25, 0.3) is 22.5 Å². The van der Waals surface area contributed by atoms with Crippen LogP contribution in [0.4, 0.5) is 6.01 Å². The molecule has 7 heteroatoms. The second-order valence-electron chi connectivity index (χ2n) is 10.0. The highest BCUT2D eigenvalue weighted by atomic mass is 16.5. The number of aromatic nitrogens is 3. The third kappa shape index (κ3) is 4.66. The van der Waals surface area contributed by atoms with Crippen molar-refractivity contribution < 1.29 is 14.3 Å². The first-order chi connectivity index (χ1) is 14.6. The van der Waals surface area contributed by atoms with Gasteiger partial charge in [0.25, 0.3) is 5.89 Å². The lowest BCUT2D eigenvalue weighted by Crippen LogP contribution is -2.39. The highest BCUT2D eigenvalue weighted by molar-refractivity contribution is 5.89. The van der Waals surface area contributed by atoms with Gasteiger partial charge in [0.15, 0.2) is 0 Å². The first-order valence-corrected chi connectivity index (χ1v) is 11.0. The van der Waals surface area contributed by atoms with Gasteiger partial charge >= 0.3 is 6.01 Å². The number of rotatable bonds is 6. The summed E-state index contributed by atoms with van der Waals surface area (Å²) < 4.78 is 11.9. The van der Waals surface area contributed by atoms with Crippen LogP contribution in [0.2, 0.25) is 0 Å². The van der Waals surface area contributed by atoms with Gasteiger partial charge in [0.1, 0.15) is 11.4 Å². The molecule has 0 amide bonds. The lowest BCUT2D eigenvalue weighted by molar-refractivity contribution is 0.0828. The molecule has 0 bridgehead atoms. The van der Waals surface area contributed by atoms with Crippen LogP contribution in [0, 0.1) is 12.8 Å². The van der Waals surface area contributed by atoms with E-state index in [1.54, 1.807) is 0 Å². The Labute approximate surface area is 183 Å². The number of hydrogen-bond donors (Lipinski definition) is 2. The van der Waals surface area contributed by atoms with Gasteiger partial charge in [0.2, 0.25) is 0 Å². The van der Waals surface area contributed by atoms with E-state index in [4.69, 9.17) is 14.1 Å². The Bertz CT molecular complexity index is 1080. The minimum Gasteiger partial charge on any atom is -0.493 e. The summed E-state index contributed by atoms with van der Waals surface area (Å²) in [7, 11) is 0. The number of benzene rings is 1. The Kier molecular flexibility index (Phi) is 5.64. The summed E-state index contributed by atoms with van der Waals surface area (Å²) >= 11 is 0. The molecule has 1 aliphatic carbocycles. The largest absolute Gasteiger partial charge is 0.493 e. The number of aryl methyl sites for hydroxylation is 1. The van der Waals surface area contributed by atoms with E-state index in [-0.39, 0.29) is 17.6 Å². The molecular formula is C24H32N4O3. The van der Waals surface area contributed by atoms with Crippen molar-refractivity contribution in [3.63, 3.8) is 0 Å². The normalized spacial score (nSPS) is 19.0. The first-order valence-electron chi connectivity index (χ1n) is 11.0. The van der Waals surface area contributed by atoms with Gasteiger partial charge in [-0.2, -0.15) is 0 Å². The average Bonchev–Trinajstić information content (AvgIpc) is 3.12. The predicted octanol–water partition coefficient (Wildman–Crippen LogP) is 4.86. The Morgan fingerprint density at radius 1 is 1.19 bits per heavy atom. The van der Waals surface area contributed by atoms with Crippen LogP contribution < -0.4 is 10.1 Å².